The van der Waals surface area contributed by atoms with Crippen molar-refractivity contribution in [3.8, 4) is 5.75 Å². The van der Waals surface area contributed by atoms with Crippen LogP contribution in [-0.4, -0.2) is 30.1 Å². The number of aliphatic hydroxyl groups excluding tert-OH is 1. The SMILES string of the molecule is CCC(Oc1ccc(C(C)(C)CC)cc1C(C)(C)CC)/C(O)=C(/C(C)=O)C(=O)OC. The highest BCUT2D eigenvalue weighted by Gasteiger charge is 2.30. The second-order valence-corrected chi connectivity index (χ2v) is 9.01. The van der Waals surface area contributed by atoms with E-state index in [2.05, 4.69) is 52.3 Å². The van der Waals surface area contributed by atoms with Crippen LogP contribution >= 0.6 is 0 Å². The highest BCUT2D eigenvalue weighted by Crippen LogP contribution is 2.39. The van der Waals surface area contributed by atoms with Gasteiger partial charge in [-0.3, -0.25) is 4.79 Å². The summed E-state index contributed by atoms with van der Waals surface area (Å²) in [4.78, 5) is 24.0. The molecular weight excluding hydrogens is 380 g/mol. The van der Waals surface area contributed by atoms with Crippen LogP contribution in [0.25, 0.3) is 0 Å². The number of hydrogen-bond acceptors (Lipinski definition) is 5. The standard InChI is InChI=1S/C25H38O5/c1-10-19(22(27)21(16(4)26)23(28)29-9)30-20-14-13-17(24(5,6)11-2)15-18(20)25(7,8)12-3/h13-15,19,27H,10-12H2,1-9H3/b22-21+. The number of ketones is 1. The predicted molar refractivity (Wildman–Crippen MR) is 120 cm³/mol. The number of ether oxygens (including phenoxy) is 2. The lowest BCUT2D eigenvalue weighted by Crippen LogP contribution is -2.27. The largest absolute Gasteiger partial charge is 0.507 e. The number of Topliss-reactive ketones (excluding diaryl/α,β-unsaturated/α-hetero) is 1. The van der Waals surface area contributed by atoms with Gasteiger partial charge in [-0.2, -0.15) is 0 Å². The molecule has 0 aliphatic heterocycles. The molecule has 1 rings (SSSR count). The molecule has 0 heterocycles. The summed E-state index contributed by atoms with van der Waals surface area (Å²) in [5.74, 6) is -1.18. The Kier molecular flexibility index (Phi) is 8.70. The summed E-state index contributed by atoms with van der Waals surface area (Å²) in [6.45, 7) is 16.1. The maximum absolute atomic E-state index is 12.0. The first kappa shape index (κ1) is 25.7. The lowest BCUT2D eigenvalue weighted by Gasteiger charge is -2.31. The van der Waals surface area contributed by atoms with Crippen molar-refractivity contribution in [1.82, 2.24) is 0 Å². The summed E-state index contributed by atoms with van der Waals surface area (Å²) < 4.78 is 10.9. The molecule has 1 aromatic carbocycles. The number of benzene rings is 1. The fraction of sp³-hybridized carbons (Fsp3) is 0.600. The van der Waals surface area contributed by atoms with E-state index in [4.69, 9.17) is 4.74 Å². The van der Waals surface area contributed by atoms with Crippen molar-refractivity contribution < 1.29 is 24.2 Å². The first-order chi connectivity index (χ1) is 13.9. The number of aliphatic hydroxyl groups is 1. The maximum atomic E-state index is 12.0. The topological polar surface area (TPSA) is 72.8 Å². The molecule has 0 saturated carbocycles. The summed E-state index contributed by atoms with van der Waals surface area (Å²) in [7, 11) is 1.18. The number of rotatable bonds is 10. The minimum absolute atomic E-state index is 0.0238. The molecule has 0 aliphatic rings. The van der Waals surface area contributed by atoms with E-state index in [0.717, 1.165) is 18.4 Å². The summed E-state index contributed by atoms with van der Waals surface area (Å²) >= 11 is 0. The molecule has 1 unspecified atom stereocenters. The van der Waals surface area contributed by atoms with Crippen molar-refractivity contribution in [2.24, 2.45) is 0 Å². The number of hydrogen-bond donors (Lipinski definition) is 1. The molecule has 0 aliphatic carbocycles. The molecule has 168 valence electrons. The van der Waals surface area contributed by atoms with Crippen LogP contribution in [0.15, 0.2) is 29.5 Å². The van der Waals surface area contributed by atoms with Crippen LogP contribution < -0.4 is 4.74 Å². The van der Waals surface area contributed by atoms with E-state index in [9.17, 15) is 14.7 Å². The Bertz CT molecular complexity index is 802. The number of esters is 1. The normalized spacial score (nSPS) is 14.0. The quantitative estimate of drug-likeness (QED) is 0.171. The Morgan fingerprint density at radius 2 is 1.60 bits per heavy atom. The van der Waals surface area contributed by atoms with Gasteiger partial charge in [-0.25, -0.2) is 4.79 Å². The summed E-state index contributed by atoms with van der Waals surface area (Å²) in [5.41, 5.74) is 1.76. The van der Waals surface area contributed by atoms with Crippen LogP contribution in [0.4, 0.5) is 0 Å². The Labute approximate surface area is 181 Å². The molecule has 30 heavy (non-hydrogen) atoms. The first-order valence-corrected chi connectivity index (χ1v) is 10.7. The molecule has 5 nitrogen and oxygen atoms in total. The third-order valence-corrected chi connectivity index (χ3v) is 6.20. The average Bonchev–Trinajstić information content (AvgIpc) is 2.71. The average molecular weight is 419 g/mol. The van der Waals surface area contributed by atoms with Gasteiger partial charge in [-0.15, -0.1) is 0 Å². The van der Waals surface area contributed by atoms with Crippen molar-refractivity contribution in [1.29, 1.82) is 0 Å². The van der Waals surface area contributed by atoms with Crippen LogP contribution in [0.3, 0.4) is 0 Å². The van der Waals surface area contributed by atoms with Gasteiger partial charge < -0.3 is 14.6 Å². The van der Waals surface area contributed by atoms with Gasteiger partial charge in [0.1, 0.15) is 11.3 Å². The molecule has 0 bridgehead atoms. The molecule has 0 fully saturated rings. The second-order valence-electron chi connectivity index (χ2n) is 9.01. The van der Waals surface area contributed by atoms with Crippen LogP contribution in [0.2, 0.25) is 0 Å². The van der Waals surface area contributed by atoms with Crippen molar-refractivity contribution in [3.05, 3.63) is 40.7 Å². The first-order valence-electron chi connectivity index (χ1n) is 10.7. The molecule has 1 aromatic rings. The Morgan fingerprint density at radius 1 is 1.03 bits per heavy atom. The Balaban J connectivity index is 3.56. The zero-order valence-electron chi connectivity index (χ0n) is 20.0. The second kappa shape index (κ2) is 10.1. The van der Waals surface area contributed by atoms with Gasteiger partial charge in [-0.05, 0) is 48.6 Å². The highest BCUT2D eigenvalue weighted by atomic mass is 16.5. The summed E-state index contributed by atoms with van der Waals surface area (Å²) in [5, 5.41) is 10.7. The van der Waals surface area contributed by atoms with Gasteiger partial charge in [0.25, 0.3) is 0 Å². The van der Waals surface area contributed by atoms with E-state index in [1.807, 2.05) is 19.1 Å². The van der Waals surface area contributed by atoms with Crippen LogP contribution in [-0.2, 0) is 25.2 Å². The van der Waals surface area contributed by atoms with Crippen molar-refractivity contribution in [3.63, 3.8) is 0 Å². The van der Waals surface area contributed by atoms with Gasteiger partial charge in [-0.1, -0.05) is 60.6 Å². The molecule has 0 radical (unpaired) electrons. The van der Waals surface area contributed by atoms with Crippen molar-refractivity contribution >= 4 is 11.8 Å². The molecule has 0 aromatic heterocycles. The lowest BCUT2D eigenvalue weighted by molar-refractivity contribution is -0.138. The monoisotopic (exact) mass is 418 g/mol. The van der Waals surface area contributed by atoms with E-state index in [-0.39, 0.29) is 16.4 Å². The van der Waals surface area contributed by atoms with E-state index in [1.54, 1.807) is 0 Å². The minimum Gasteiger partial charge on any atom is -0.507 e. The fourth-order valence-corrected chi connectivity index (χ4v) is 3.15. The molecule has 0 saturated heterocycles. The Morgan fingerprint density at radius 3 is 2.03 bits per heavy atom. The third-order valence-electron chi connectivity index (χ3n) is 6.20. The third kappa shape index (κ3) is 5.65. The van der Waals surface area contributed by atoms with E-state index in [1.165, 1.54) is 19.6 Å². The number of methoxy groups -OCH3 is 1. The number of carbonyl (C=O) groups is 2. The van der Waals surface area contributed by atoms with Crippen LogP contribution in [0.1, 0.15) is 85.8 Å². The summed E-state index contributed by atoms with van der Waals surface area (Å²) in [6.07, 6.45) is 1.45. The molecule has 0 amide bonds. The Hall–Kier alpha value is -2.30. The van der Waals surface area contributed by atoms with Crippen LogP contribution in [0, 0.1) is 0 Å². The molecule has 0 spiro atoms. The van der Waals surface area contributed by atoms with Gasteiger partial charge in [0.15, 0.2) is 17.6 Å². The van der Waals surface area contributed by atoms with E-state index >= 15 is 0 Å². The van der Waals surface area contributed by atoms with E-state index in [0.29, 0.717) is 12.2 Å². The molecule has 1 N–H and O–H groups in total. The smallest absolute Gasteiger partial charge is 0.345 e. The van der Waals surface area contributed by atoms with E-state index < -0.39 is 23.6 Å². The van der Waals surface area contributed by atoms with Crippen LogP contribution in [0.5, 0.6) is 5.75 Å². The molecule has 1 atom stereocenters. The lowest BCUT2D eigenvalue weighted by atomic mass is 9.76. The van der Waals surface area contributed by atoms with Gasteiger partial charge >= 0.3 is 5.97 Å². The van der Waals surface area contributed by atoms with Gasteiger partial charge in [0.05, 0.1) is 7.11 Å². The van der Waals surface area contributed by atoms with Crippen molar-refractivity contribution in [2.75, 3.05) is 7.11 Å². The predicted octanol–water partition coefficient (Wildman–Crippen LogP) is 5.79. The van der Waals surface area contributed by atoms with Crippen molar-refractivity contribution in [2.45, 2.75) is 91.6 Å². The fourth-order valence-electron chi connectivity index (χ4n) is 3.15. The van der Waals surface area contributed by atoms with Gasteiger partial charge in [0.2, 0.25) is 0 Å². The molecular formula is C25H38O5. The zero-order chi connectivity index (χ0) is 23.3. The minimum atomic E-state index is -0.865. The zero-order valence-corrected chi connectivity index (χ0v) is 20.0. The van der Waals surface area contributed by atoms with Gasteiger partial charge in [0, 0.05) is 5.56 Å². The summed E-state index contributed by atoms with van der Waals surface area (Å²) in [6, 6.07) is 6.16. The maximum Gasteiger partial charge on any atom is 0.345 e. The molecule has 5 heteroatoms. The highest BCUT2D eigenvalue weighted by molar-refractivity contribution is 6.16. The number of carbonyl (C=O) groups excluding carboxylic acids is 2.